The van der Waals surface area contributed by atoms with Crippen molar-refractivity contribution in [1.29, 1.82) is 0 Å². The van der Waals surface area contributed by atoms with Crippen molar-refractivity contribution >= 4 is 11.8 Å². The standard InChI is InChI=1S/C25H30FN5O5/c1-17(27-24(32)22-6-3-14-35-22)25(33)31-11-4-9-30(12-13-31)10-5-15-34-19-7-8-20(21(26)16-19)23-28-18(2)36-29-23/h3,6-8,14,16-17H,4-5,9-13,15H2,1-2H3,(H,27,32)/t17-/m0/s1. The Balaban J connectivity index is 1.18. The number of hydrogen-bond acceptors (Lipinski definition) is 8. The average molecular weight is 500 g/mol. The van der Waals surface area contributed by atoms with Crippen LogP contribution < -0.4 is 10.1 Å². The van der Waals surface area contributed by atoms with Gasteiger partial charge in [-0.2, -0.15) is 4.98 Å². The van der Waals surface area contributed by atoms with Crippen LogP contribution in [0.1, 0.15) is 36.2 Å². The first kappa shape index (κ1) is 25.4. The molecule has 0 saturated carbocycles. The molecule has 0 spiro atoms. The maximum Gasteiger partial charge on any atom is 0.287 e. The summed E-state index contributed by atoms with van der Waals surface area (Å²) in [4.78, 5) is 33.1. The highest BCUT2D eigenvalue weighted by Crippen LogP contribution is 2.24. The van der Waals surface area contributed by atoms with Crippen molar-refractivity contribution in [3.05, 3.63) is 54.1 Å². The third-order valence-corrected chi connectivity index (χ3v) is 5.96. The van der Waals surface area contributed by atoms with Crippen LogP contribution in [0.5, 0.6) is 5.75 Å². The molecule has 1 N–H and O–H groups in total. The van der Waals surface area contributed by atoms with Gasteiger partial charge in [0.05, 0.1) is 18.4 Å². The van der Waals surface area contributed by atoms with Crippen molar-refractivity contribution < 1.29 is 27.7 Å². The van der Waals surface area contributed by atoms with E-state index in [0.717, 1.165) is 32.5 Å². The quantitative estimate of drug-likeness (QED) is 0.447. The van der Waals surface area contributed by atoms with Gasteiger partial charge in [0.25, 0.3) is 5.91 Å². The first-order valence-corrected chi connectivity index (χ1v) is 12.0. The summed E-state index contributed by atoms with van der Waals surface area (Å²) in [5, 5.41) is 6.43. The van der Waals surface area contributed by atoms with E-state index in [1.807, 2.05) is 0 Å². The van der Waals surface area contributed by atoms with Crippen LogP contribution in [0, 0.1) is 12.7 Å². The zero-order chi connectivity index (χ0) is 25.5. The number of halogens is 1. The Kier molecular flexibility index (Phi) is 8.32. The van der Waals surface area contributed by atoms with Crippen molar-refractivity contribution in [3.8, 4) is 17.1 Å². The fraction of sp³-hybridized carbons (Fsp3) is 0.440. The van der Waals surface area contributed by atoms with Crippen molar-refractivity contribution in [2.75, 3.05) is 39.3 Å². The SMILES string of the molecule is Cc1nc(-c2ccc(OCCCN3CCCN(C(=O)[C@H](C)NC(=O)c4ccco4)CC3)cc2F)no1. The van der Waals surface area contributed by atoms with Gasteiger partial charge in [0, 0.05) is 39.2 Å². The van der Waals surface area contributed by atoms with Crippen molar-refractivity contribution in [2.24, 2.45) is 0 Å². The number of benzene rings is 1. The molecule has 1 fully saturated rings. The first-order valence-electron chi connectivity index (χ1n) is 12.0. The lowest BCUT2D eigenvalue weighted by Gasteiger charge is -2.25. The second-order valence-electron chi connectivity index (χ2n) is 8.67. The van der Waals surface area contributed by atoms with Gasteiger partial charge in [-0.25, -0.2) is 4.39 Å². The summed E-state index contributed by atoms with van der Waals surface area (Å²) in [7, 11) is 0. The Hall–Kier alpha value is -3.73. The maximum absolute atomic E-state index is 14.4. The molecule has 11 heteroatoms. The predicted octanol–water partition coefficient (Wildman–Crippen LogP) is 2.90. The van der Waals surface area contributed by atoms with Gasteiger partial charge in [0.1, 0.15) is 17.6 Å². The van der Waals surface area contributed by atoms with E-state index in [2.05, 4.69) is 20.4 Å². The van der Waals surface area contributed by atoms with E-state index < -0.39 is 17.8 Å². The number of nitrogens with one attached hydrogen (secondary N) is 1. The third kappa shape index (κ3) is 6.48. The lowest BCUT2D eigenvalue weighted by atomic mass is 10.2. The molecule has 1 atom stereocenters. The molecule has 0 radical (unpaired) electrons. The summed E-state index contributed by atoms with van der Waals surface area (Å²) in [6.07, 6.45) is 3.02. The van der Waals surface area contributed by atoms with Gasteiger partial charge in [-0.1, -0.05) is 5.16 Å². The topological polar surface area (TPSA) is 114 Å². The smallest absolute Gasteiger partial charge is 0.287 e. The molecule has 1 saturated heterocycles. The van der Waals surface area contributed by atoms with Crippen LogP contribution in [0.25, 0.3) is 11.4 Å². The molecule has 2 aromatic heterocycles. The summed E-state index contributed by atoms with van der Waals surface area (Å²) >= 11 is 0. The molecule has 192 valence electrons. The molecule has 10 nitrogen and oxygen atoms in total. The van der Waals surface area contributed by atoms with Crippen LogP contribution >= 0.6 is 0 Å². The molecule has 1 aliphatic rings. The maximum atomic E-state index is 14.4. The molecule has 0 bridgehead atoms. The minimum atomic E-state index is -0.640. The van der Waals surface area contributed by atoms with Crippen molar-refractivity contribution in [1.82, 2.24) is 25.3 Å². The predicted molar refractivity (Wildman–Crippen MR) is 128 cm³/mol. The molecule has 1 aromatic carbocycles. The van der Waals surface area contributed by atoms with Gasteiger partial charge in [-0.3, -0.25) is 9.59 Å². The zero-order valence-corrected chi connectivity index (χ0v) is 20.4. The number of aromatic nitrogens is 2. The number of rotatable bonds is 9. The first-order chi connectivity index (χ1) is 17.4. The van der Waals surface area contributed by atoms with E-state index >= 15 is 0 Å². The third-order valence-electron chi connectivity index (χ3n) is 5.96. The van der Waals surface area contributed by atoms with Gasteiger partial charge in [0.2, 0.25) is 17.6 Å². The zero-order valence-electron chi connectivity index (χ0n) is 20.4. The largest absolute Gasteiger partial charge is 0.493 e. The monoisotopic (exact) mass is 499 g/mol. The Morgan fingerprint density at radius 1 is 1.22 bits per heavy atom. The van der Waals surface area contributed by atoms with Crippen molar-refractivity contribution in [3.63, 3.8) is 0 Å². The van der Waals surface area contributed by atoms with E-state index in [1.165, 1.54) is 12.3 Å². The minimum absolute atomic E-state index is 0.110. The summed E-state index contributed by atoms with van der Waals surface area (Å²) < 4.78 is 30.1. The van der Waals surface area contributed by atoms with E-state index in [-0.39, 0.29) is 23.1 Å². The summed E-state index contributed by atoms with van der Waals surface area (Å²) in [5.74, 6) is 0.212. The number of carbonyl (C=O) groups is 2. The van der Waals surface area contributed by atoms with Gasteiger partial charge >= 0.3 is 0 Å². The van der Waals surface area contributed by atoms with Crippen LogP contribution in [0.2, 0.25) is 0 Å². The van der Waals surface area contributed by atoms with E-state index in [4.69, 9.17) is 13.7 Å². The lowest BCUT2D eigenvalue weighted by molar-refractivity contribution is -0.132. The van der Waals surface area contributed by atoms with Crippen LogP contribution in [0.3, 0.4) is 0 Å². The highest BCUT2D eigenvalue weighted by molar-refractivity contribution is 5.95. The highest BCUT2D eigenvalue weighted by atomic mass is 19.1. The number of aryl methyl sites for hydroxylation is 1. The van der Waals surface area contributed by atoms with Gasteiger partial charge in [-0.15, -0.1) is 0 Å². The molecular formula is C25H30FN5O5. The van der Waals surface area contributed by atoms with Crippen LogP contribution in [0.15, 0.2) is 45.5 Å². The second-order valence-corrected chi connectivity index (χ2v) is 8.67. The molecule has 4 rings (SSSR count). The molecular weight excluding hydrogens is 469 g/mol. The average Bonchev–Trinajstić information content (AvgIpc) is 3.49. The Morgan fingerprint density at radius 3 is 2.81 bits per heavy atom. The molecule has 3 heterocycles. The molecule has 1 aliphatic heterocycles. The second kappa shape index (κ2) is 11.8. The molecule has 36 heavy (non-hydrogen) atoms. The Morgan fingerprint density at radius 2 is 2.08 bits per heavy atom. The number of nitrogens with zero attached hydrogens (tertiary/aromatic N) is 4. The van der Waals surface area contributed by atoms with E-state index in [0.29, 0.717) is 31.3 Å². The fourth-order valence-electron chi connectivity index (χ4n) is 4.08. The summed E-state index contributed by atoms with van der Waals surface area (Å²) in [6, 6.07) is 7.13. The van der Waals surface area contributed by atoms with Crippen molar-refractivity contribution in [2.45, 2.75) is 32.7 Å². The number of ether oxygens (including phenoxy) is 1. The number of amides is 2. The summed E-state index contributed by atoms with van der Waals surface area (Å²) in [6.45, 7) is 7.39. The molecule has 3 aromatic rings. The molecule has 0 unspecified atom stereocenters. The van der Waals surface area contributed by atoms with Crippen LogP contribution in [-0.2, 0) is 4.79 Å². The lowest BCUT2D eigenvalue weighted by Crippen LogP contribution is -2.48. The number of furan rings is 1. The van der Waals surface area contributed by atoms with Crippen LogP contribution in [-0.4, -0.2) is 77.1 Å². The van der Waals surface area contributed by atoms with Crippen LogP contribution in [0.4, 0.5) is 4.39 Å². The number of hydrogen-bond donors (Lipinski definition) is 1. The molecule has 2 amide bonds. The van der Waals surface area contributed by atoms with E-state index in [1.54, 1.807) is 43.0 Å². The van der Waals surface area contributed by atoms with Gasteiger partial charge in [0.15, 0.2) is 5.76 Å². The highest BCUT2D eigenvalue weighted by Gasteiger charge is 2.25. The fourth-order valence-corrected chi connectivity index (χ4v) is 4.08. The van der Waals surface area contributed by atoms with Gasteiger partial charge in [-0.05, 0) is 50.6 Å². The summed E-state index contributed by atoms with van der Waals surface area (Å²) in [5.41, 5.74) is 0.262. The Labute approximate surface area is 208 Å². The number of carbonyl (C=O) groups excluding carboxylic acids is 2. The molecule has 0 aliphatic carbocycles. The Bertz CT molecular complexity index is 1170. The van der Waals surface area contributed by atoms with E-state index in [9.17, 15) is 14.0 Å². The minimum Gasteiger partial charge on any atom is -0.493 e. The van der Waals surface area contributed by atoms with Gasteiger partial charge < -0.3 is 28.8 Å². The normalized spacial score (nSPS) is 15.4.